The Hall–Kier alpha value is -4.10. The minimum atomic E-state index is -0.389. The number of aromatic hydroxyl groups is 2. The maximum atomic E-state index is 12.7. The molecule has 0 atom stereocenters. The highest BCUT2D eigenvalue weighted by molar-refractivity contribution is 6.02. The average molecular weight is 498 g/mol. The number of benzene rings is 3. The molecule has 1 aliphatic heterocycles. The molecule has 1 aromatic heterocycles. The van der Waals surface area contributed by atoms with Crippen molar-refractivity contribution in [2.75, 3.05) is 20.1 Å². The SMILES string of the molecule is CNC(=O)c1noc(-c2cc(-c3ccc(C)cc3)c(O)cc2O)c1-c1ccc(CN2CCCCC2)cc1. The number of piperidine rings is 1. The fraction of sp³-hybridized carbons (Fsp3) is 0.267. The van der Waals surface area contributed by atoms with Gasteiger partial charge in [0.15, 0.2) is 11.5 Å². The average Bonchev–Trinajstić information content (AvgIpc) is 3.35. The zero-order valence-electron chi connectivity index (χ0n) is 21.1. The third kappa shape index (κ3) is 5.08. The quantitative estimate of drug-likeness (QED) is 0.314. The molecule has 4 aromatic rings. The molecular weight excluding hydrogens is 466 g/mol. The van der Waals surface area contributed by atoms with Crippen LogP contribution in [0.5, 0.6) is 11.5 Å². The van der Waals surface area contributed by atoms with E-state index in [0.717, 1.165) is 36.3 Å². The smallest absolute Gasteiger partial charge is 0.273 e. The lowest BCUT2D eigenvalue weighted by Crippen LogP contribution is -2.29. The number of aromatic nitrogens is 1. The van der Waals surface area contributed by atoms with Crippen molar-refractivity contribution < 1.29 is 19.5 Å². The Kier molecular flexibility index (Phi) is 6.97. The summed E-state index contributed by atoms with van der Waals surface area (Å²) in [5.41, 5.74) is 5.32. The number of carbonyl (C=O) groups excluding carboxylic acids is 1. The van der Waals surface area contributed by atoms with Crippen LogP contribution in [-0.4, -0.2) is 46.3 Å². The molecule has 0 radical (unpaired) electrons. The first-order valence-electron chi connectivity index (χ1n) is 12.6. The lowest BCUT2D eigenvalue weighted by Gasteiger charge is -2.26. The van der Waals surface area contributed by atoms with E-state index in [2.05, 4.69) is 27.5 Å². The lowest BCUT2D eigenvalue weighted by atomic mass is 9.94. The molecule has 0 unspecified atom stereocenters. The summed E-state index contributed by atoms with van der Waals surface area (Å²) in [6, 6.07) is 18.7. The zero-order chi connectivity index (χ0) is 25.9. The van der Waals surface area contributed by atoms with Crippen LogP contribution in [0.3, 0.4) is 0 Å². The molecule has 0 saturated carbocycles. The Labute approximate surface area is 216 Å². The van der Waals surface area contributed by atoms with Gasteiger partial charge in [-0.3, -0.25) is 9.69 Å². The minimum Gasteiger partial charge on any atom is -0.507 e. The first-order chi connectivity index (χ1) is 17.9. The third-order valence-corrected chi connectivity index (χ3v) is 6.95. The molecule has 0 aliphatic carbocycles. The van der Waals surface area contributed by atoms with E-state index in [-0.39, 0.29) is 28.9 Å². The summed E-state index contributed by atoms with van der Waals surface area (Å²) >= 11 is 0. The molecule has 37 heavy (non-hydrogen) atoms. The van der Waals surface area contributed by atoms with Crippen molar-refractivity contribution in [3.05, 3.63) is 77.5 Å². The molecule has 5 rings (SSSR count). The molecule has 7 heteroatoms. The molecule has 1 amide bonds. The van der Waals surface area contributed by atoms with Crippen LogP contribution in [0.15, 0.2) is 65.2 Å². The molecule has 3 N–H and O–H groups in total. The van der Waals surface area contributed by atoms with Gasteiger partial charge >= 0.3 is 0 Å². The van der Waals surface area contributed by atoms with Gasteiger partial charge in [0.2, 0.25) is 0 Å². The van der Waals surface area contributed by atoms with Crippen molar-refractivity contribution in [3.8, 4) is 45.1 Å². The molecular formula is C30H31N3O4. The maximum Gasteiger partial charge on any atom is 0.273 e. The van der Waals surface area contributed by atoms with E-state index in [9.17, 15) is 15.0 Å². The van der Waals surface area contributed by atoms with Crippen molar-refractivity contribution in [1.29, 1.82) is 0 Å². The Balaban J connectivity index is 1.57. The standard InChI is InChI=1S/C30H31N3O4/c1-19-6-10-21(11-7-19)23-16-24(26(35)17-25(23)34)29-27(28(32-37-29)30(36)31-2)22-12-8-20(9-13-22)18-33-14-4-3-5-15-33/h6-13,16-17,34-35H,3-5,14-15,18H2,1-2H3,(H,31,36). The van der Waals surface area contributed by atoms with Gasteiger partial charge in [0.05, 0.1) is 11.1 Å². The Morgan fingerprint density at radius 1 is 0.919 bits per heavy atom. The van der Waals surface area contributed by atoms with Crippen molar-refractivity contribution >= 4 is 5.91 Å². The highest BCUT2D eigenvalue weighted by atomic mass is 16.5. The second-order valence-corrected chi connectivity index (χ2v) is 9.60. The van der Waals surface area contributed by atoms with Gasteiger partial charge in [-0.25, -0.2) is 0 Å². The summed E-state index contributed by atoms with van der Waals surface area (Å²) in [6.45, 7) is 5.10. The van der Waals surface area contributed by atoms with E-state index in [1.165, 1.54) is 37.9 Å². The predicted molar refractivity (Wildman–Crippen MR) is 143 cm³/mol. The number of hydrogen-bond acceptors (Lipinski definition) is 6. The van der Waals surface area contributed by atoms with Crippen molar-refractivity contribution in [2.24, 2.45) is 0 Å². The van der Waals surface area contributed by atoms with E-state index in [4.69, 9.17) is 4.52 Å². The topological polar surface area (TPSA) is 98.8 Å². The van der Waals surface area contributed by atoms with Crippen LogP contribution in [0.1, 0.15) is 40.9 Å². The van der Waals surface area contributed by atoms with Gasteiger partial charge in [0, 0.05) is 25.2 Å². The summed E-state index contributed by atoms with van der Waals surface area (Å²) in [6.07, 6.45) is 3.76. The van der Waals surface area contributed by atoms with Crippen LogP contribution in [0, 0.1) is 6.92 Å². The highest BCUT2D eigenvalue weighted by Crippen LogP contribution is 2.44. The van der Waals surface area contributed by atoms with Gasteiger partial charge in [-0.15, -0.1) is 0 Å². The second-order valence-electron chi connectivity index (χ2n) is 9.60. The molecule has 0 spiro atoms. The molecule has 3 aromatic carbocycles. The van der Waals surface area contributed by atoms with Crippen molar-refractivity contribution in [3.63, 3.8) is 0 Å². The summed E-state index contributed by atoms with van der Waals surface area (Å²) < 4.78 is 5.68. The molecule has 2 heterocycles. The predicted octanol–water partition coefficient (Wildman–Crippen LogP) is 5.74. The van der Waals surface area contributed by atoms with Gasteiger partial charge in [-0.1, -0.05) is 65.7 Å². The van der Waals surface area contributed by atoms with E-state index >= 15 is 0 Å². The first-order valence-corrected chi connectivity index (χ1v) is 12.6. The fourth-order valence-electron chi connectivity index (χ4n) is 4.89. The van der Waals surface area contributed by atoms with Gasteiger partial charge < -0.3 is 20.1 Å². The van der Waals surface area contributed by atoms with Crippen molar-refractivity contribution in [2.45, 2.75) is 32.7 Å². The number of rotatable bonds is 6. The van der Waals surface area contributed by atoms with E-state index in [0.29, 0.717) is 16.7 Å². The molecule has 1 fully saturated rings. The number of phenols is 2. The Morgan fingerprint density at radius 3 is 2.24 bits per heavy atom. The summed E-state index contributed by atoms with van der Waals surface area (Å²) in [7, 11) is 1.54. The van der Waals surface area contributed by atoms with Gasteiger partial charge in [-0.2, -0.15) is 0 Å². The molecule has 190 valence electrons. The number of carbonyl (C=O) groups is 1. The third-order valence-electron chi connectivity index (χ3n) is 6.95. The van der Waals surface area contributed by atoms with E-state index in [1.54, 1.807) is 6.07 Å². The molecule has 0 bridgehead atoms. The van der Waals surface area contributed by atoms with Crippen LogP contribution < -0.4 is 5.32 Å². The summed E-state index contributed by atoms with van der Waals surface area (Å²) in [5, 5.41) is 28.1. The molecule has 7 nitrogen and oxygen atoms in total. The lowest BCUT2D eigenvalue weighted by molar-refractivity contribution is 0.0954. The van der Waals surface area contributed by atoms with Crippen LogP contribution in [0.4, 0.5) is 0 Å². The molecule has 1 aliphatic rings. The van der Waals surface area contributed by atoms with Gasteiger partial charge in [0.1, 0.15) is 11.5 Å². The number of aryl methyl sites for hydroxylation is 1. The van der Waals surface area contributed by atoms with Crippen LogP contribution in [0.25, 0.3) is 33.6 Å². The van der Waals surface area contributed by atoms with Gasteiger partial charge in [0.25, 0.3) is 5.91 Å². The number of nitrogens with one attached hydrogen (secondary N) is 1. The van der Waals surface area contributed by atoms with Crippen LogP contribution in [-0.2, 0) is 6.54 Å². The Bertz CT molecular complexity index is 1400. The van der Waals surface area contributed by atoms with Gasteiger partial charge in [-0.05, 0) is 55.6 Å². The monoisotopic (exact) mass is 497 g/mol. The summed E-state index contributed by atoms with van der Waals surface area (Å²) in [5.74, 6) is -0.358. The normalized spacial score (nSPS) is 14.0. The van der Waals surface area contributed by atoms with E-state index in [1.807, 2.05) is 43.3 Å². The zero-order valence-corrected chi connectivity index (χ0v) is 21.1. The Morgan fingerprint density at radius 2 is 1.57 bits per heavy atom. The first kappa shape index (κ1) is 24.6. The van der Waals surface area contributed by atoms with Crippen molar-refractivity contribution in [1.82, 2.24) is 15.4 Å². The maximum absolute atomic E-state index is 12.7. The number of hydrogen-bond donors (Lipinski definition) is 3. The highest BCUT2D eigenvalue weighted by Gasteiger charge is 2.26. The van der Waals surface area contributed by atoms with Crippen LogP contribution in [0.2, 0.25) is 0 Å². The fourth-order valence-corrected chi connectivity index (χ4v) is 4.89. The number of phenolic OH excluding ortho intramolecular Hbond substituents is 2. The second kappa shape index (κ2) is 10.5. The molecule has 1 saturated heterocycles. The number of nitrogens with zero attached hydrogens (tertiary/aromatic N) is 2. The minimum absolute atomic E-state index is 0.0558. The number of likely N-dealkylation sites (tertiary alicyclic amines) is 1. The van der Waals surface area contributed by atoms with E-state index < -0.39 is 0 Å². The summed E-state index contributed by atoms with van der Waals surface area (Å²) in [4.78, 5) is 15.2. The largest absolute Gasteiger partial charge is 0.507 e. The number of amides is 1. The van der Waals surface area contributed by atoms with Crippen LogP contribution >= 0.6 is 0 Å².